The van der Waals surface area contributed by atoms with E-state index in [-0.39, 0.29) is 28.4 Å². The molecule has 0 amide bonds. The Bertz CT molecular complexity index is 1420. The molecule has 0 unspecified atom stereocenters. The number of aromatic amines is 1. The predicted octanol–water partition coefficient (Wildman–Crippen LogP) is 4.21. The fourth-order valence-electron chi connectivity index (χ4n) is 2.91. The van der Waals surface area contributed by atoms with Gasteiger partial charge in [0.15, 0.2) is 18.1 Å². The van der Waals surface area contributed by atoms with Crippen molar-refractivity contribution in [3.8, 4) is 17.3 Å². The van der Waals surface area contributed by atoms with Gasteiger partial charge in [0.05, 0.1) is 6.20 Å². The number of anilines is 1. The molecule has 2 heterocycles. The maximum absolute atomic E-state index is 14.0. The molecular weight excluding hydrogens is 466 g/mol. The molecule has 0 aliphatic carbocycles. The molecule has 2 N–H and O–H groups in total. The highest BCUT2D eigenvalue weighted by Crippen LogP contribution is 2.28. The highest BCUT2D eigenvalue weighted by Gasteiger charge is 2.29. The number of halogens is 4. The molecule has 4 rings (SSSR count). The lowest BCUT2D eigenvalue weighted by Gasteiger charge is -2.11. The monoisotopic (exact) mass is 481 g/mol. The summed E-state index contributed by atoms with van der Waals surface area (Å²) in [5.74, 6) is -1.17. The number of nitrogens with one attached hydrogen (secondary N) is 2. The molecule has 13 heteroatoms. The van der Waals surface area contributed by atoms with E-state index in [9.17, 15) is 26.0 Å². The predicted molar refractivity (Wildman–Crippen MR) is 111 cm³/mol. The smallest absolute Gasteiger partial charge is 0.422 e. The maximum Gasteiger partial charge on any atom is 0.422 e. The molecule has 33 heavy (non-hydrogen) atoms. The fourth-order valence-corrected chi connectivity index (χ4v) is 4.13. The minimum Gasteiger partial charge on any atom is -0.467 e. The average molecular weight is 481 g/mol. The van der Waals surface area contributed by atoms with Crippen LogP contribution in [-0.4, -0.2) is 41.4 Å². The second kappa shape index (κ2) is 8.31. The van der Waals surface area contributed by atoms with Crippen LogP contribution in [0.5, 0.6) is 5.88 Å². The number of H-pyrrole nitrogens is 1. The van der Waals surface area contributed by atoms with Crippen LogP contribution in [0.3, 0.4) is 0 Å². The first-order valence-electron chi connectivity index (χ1n) is 9.32. The van der Waals surface area contributed by atoms with E-state index >= 15 is 0 Å². The van der Waals surface area contributed by atoms with E-state index in [2.05, 4.69) is 24.9 Å². The van der Waals surface area contributed by atoms with Gasteiger partial charge in [-0.25, -0.2) is 17.8 Å². The van der Waals surface area contributed by atoms with Gasteiger partial charge in [-0.3, -0.25) is 9.82 Å². The Morgan fingerprint density at radius 3 is 2.52 bits per heavy atom. The van der Waals surface area contributed by atoms with Gasteiger partial charge in [-0.2, -0.15) is 23.3 Å². The van der Waals surface area contributed by atoms with Gasteiger partial charge in [-0.05, 0) is 48.9 Å². The number of ether oxygens (including phenoxy) is 1. The van der Waals surface area contributed by atoms with E-state index in [1.165, 1.54) is 42.6 Å². The summed E-state index contributed by atoms with van der Waals surface area (Å²) >= 11 is 0. The lowest BCUT2D eigenvalue weighted by atomic mass is 10.2. The summed E-state index contributed by atoms with van der Waals surface area (Å²) in [6.07, 6.45) is -3.32. The Hall–Kier alpha value is -3.74. The molecule has 2 aromatic carbocycles. The number of hydrogen-bond donors (Lipinski definition) is 2. The van der Waals surface area contributed by atoms with E-state index in [0.717, 1.165) is 6.07 Å². The molecule has 0 aliphatic rings. The molecule has 0 spiro atoms. The van der Waals surface area contributed by atoms with Crippen molar-refractivity contribution in [2.75, 3.05) is 11.3 Å². The van der Waals surface area contributed by atoms with Gasteiger partial charge in [0.1, 0.15) is 16.1 Å². The van der Waals surface area contributed by atoms with Crippen LogP contribution in [0.4, 0.5) is 23.2 Å². The van der Waals surface area contributed by atoms with E-state index in [1.807, 2.05) is 0 Å². The third-order valence-corrected chi connectivity index (χ3v) is 5.82. The van der Waals surface area contributed by atoms with Crippen LogP contribution in [0, 0.1) is 12.7 Å². The third kappa shape index (κ3) is 5.03. The Kier molecular flexibility index (Phi) is 5.66. The van der Waals surface area contributed by atoms with Gasteiger partial charge < -0.3 is 4.74 Å². The minimum absolute atomic E-state index is 0.0306. The highest BCUT2D eigenvalue weighted by atomic mass is 32.2. The van der Waals surface area contributed by atoms with Crippen molar-refractivity contribution < 1.29 is 30.7 Å². The SMILES string of the molecule is Cc1ccc(F)c(S(=O)(=O)Nc2ccc(-c3nc(OCC(F)(F)F)c4cn[nH]c4n3)cc2)c1. The zero-order valence-corrected chi connectivity index (χ0v) is 17.6. The van der Waals surface area contributed by atoms with Crippen LogP contribution in [0.2, 0.25) is 0 Å². The molecule has 0 aliphatic heterocycles. The number of fused-ring (bicyclic) bond motifs is 1. The number of rotatable bonds is 6. The standard InChI is InChI=1S/C20H15F4N5O3S/c1-11-2-7-15(21)16(8-11)33(30,31)29-13-5-3-12(4-6-13)17-26-18-14(9-25-28-18)19(27-17)32-10-20(22,23)24/h2-9,29H,10H2,1H3,(H,25,26,27,28). The van der Waals surface area contributed by atoms with Crippen LogP contribution >= 0.6 is 0 Å². The molecule has 0 saturated heterocycles. The number of sulfonamides is 1. The Balaban J connectivity index is 1.61. The third-order valence-electron chi connectivity index (χ3n) is 4.42. The van der Waals surface area contributed by atoms with Crippen molar-refractivity contribution >= 4 is 26.7 Å². The molecule has 0 bridgehead atoms. The van der Waals surface area contributed by atoms with Gasteiger partial charge >= 0.3 is 6.18 Å². The van der Waals surface area contributed by atoms with Crippen molar-refractivity contribution in [1.82, 2.24) is 20.2 Å². The summed E-state index contributed by atoms with van der Waals surface area (Å²) in [4.78, 5) is 7.75. The zero-order chi connectivity index (χ0) is 23.8. The number of aryl methyl sites for hydroxylation is 1. The van der Waals surface area contributed by atoms with Gasteiger partial charge in [-0.15, -0.1) is 0 Å². The first-order chi connectivity index (χ1) is 15.5. The number of alkyl halides is 3. The number of nitrogens with zero attached hydrogens (tertiary/aromatic N) is 3. The lowest BCUT2D eigenvalue weighted by Crippen LogP contribution is -2.20. The van der Waals surface area contributed by atoms with Gasteiger partial charge in [0.2, 0.25) is 5.88 Å². The van der Waals surface area contributed by atoms with Gasteiger partial charge in [-0.1, -0.05) is 6.07 Å². The summed E-state index contributed by atoms with van der Waals surface area (Å²) < 4.78 is 83.9. The second-order valence-corrected chi connectivity index (χ2v) is 8.66. The first kappa shape index (κ1) is 22.5. The van der Waals surface area contributed by atoms with Crippen LogP contribution in [0.25, 0.3) is 22.4 Å². The van der Waals surface area contributed by atoms with Crippen molar-refractivity contribution in [2.45, 2.75) is 18.0 Å². The summed E-state index contributed by atoms with van der Waals surface area (Å²) in [6, 6.07) is 9.41. The largest absolute Gasteiger partial charge is 0.467 e. The van der Waals surface area contributed by atoms with Crippen LogP contribution in [0.15, 0.2) is 53.6 Å². The molecule has 0 atom stereocenters. The quantitative estimate of drug-likeness (QED) is 0.400. The Morgan fingerprint density at radius 2 is 1.82 bits per heavy atom. The summed E-state index contributed by atoms with van der Waals surface area (Å²) in [6.45, 7) is 0.0937. The lowest BCUT2D eigenvalue weighted by molar-refractivity contribution is -0.153. The van der Waals surface area contributed by atoms with Crippen LogP contribution in [0.1, 0.15) is 5.56 Å². The van der Waals surface area contributed by atoms with Crippen molar-refractivity contribution in [3.05, 3.63) is 60.0 Å². The van der Waals surface area contributed by atoms with E-state index in [1.54, 1.807) is 6.92 Å². The first-order valence-corrected chi connectivity index (χ1v) is 10.8. The van der Waals surface area contributed by atoms with Crippen molar-refractivity contribution in [3.63, 3.8) is 0 Å². The minimum atomic E-state index is -4.56. The molecule has 0 radical (unpaired) electrons. The van der Waals surface area contributed by atoms with Crippen molar-refractivity contribution in [1.29, 1.82) is 0 Å². The second-order valence-electron chi connectivity index (χ2n) is 7.01. The normalized spacial score (nSPS) is 12.2. The average Bonchev–Trinajstić information content (AvgIpc) is 3.22. The highest BCUT2D eigenvalue weighted by molar-refractivity contribution is 7.92. The van der Waals surface area contributed by atoms with Crippen LogP contribution < -0.4 is 9.46 Å². The maximum atomic E-state index is 14.0. The molecule has 8 nitrogen and oxygen atoms in total. The molecular formula is C20H15F4N5O3S. The molecule has 0 saturated carbocycles. The molecule has 0 fully saturated rings. The van der Waals surface area contributed by atoms with Crippen LogP contribution in [-0.2, 0) is 10.0 Å². The number of aromatic nitrogens is 4. The summed E-state index contributed by atoms with van der Waals surface area (Å²) in [5.41, 5.74) is 1.24. The number of benzene rings is 2. The summed E-state index contributed by atoms with van der Waals surface area (Å²) in [7, 11) is -4.19. The Labute approximate surface area is 184 Å². The van der Waals surface area contributed by atoms with E-state index < -0.39 is 33.5 Å². The zero-order valence-electron chi connectivity index (χ0n) is 16.8. The summed E-state index contributed by atoms with van der Waals surface area (Å²) in [5, 5.41) is 6.46. The molecule has 2 aromatic heterocycles. The van der Waals surface area contributed by atoms with Gasteiger partial charge in [0, 0.05) is 11.3 Å². The van der Waals surface area contributed by atoms with E-state index in [0.29, 0.717) is 11.1 Å². The van der Waals surface area contributed by atoms with Crippen molar-refractivity contribution in [2.24, 2.45) is 0 Å². The Morgan fingerprint density at radius 1 is 1.09 bits per heavy atom. The molecule has 4 aromatic rings. The van der Waals surface area contributed by atoms with E-state index in [4.69, 9.17) is 4.74 Å². The number of hydrogen-bond acceptors (Lipinski definition) is 6. The van der Waals surface area contributed by atoms with Gasteiger partial charge in [0.25, 0.3) is 10.0 Å². The fraction of sp³-hybridized carbons (Fsp3) is 0.150. The molecule has 172 valence electrons. The topological polar surface area (TPSA) is 110 Å².